The second-order valence-electron chi connectivity index (χ2n) is 5.68. The Morgan fingerprint density at radius 2 is 2.30 bits per heavy atom. The van der Waals surface area contributed by atoms with Crippen molar-refractivity contribution in [2.45, 2.75) is 25.1 Å². The minimum absolute atomic E-state index is 0.0311. The summed E-state index contributed by atoms with van der Waals surface area (Å²) in [5.74, 6) is 0.369. The van der Waals surface area contributed by atoms with E-state index in [1.165, 1.54) is 6.26 Å². The van der Waals surface area contributed by atoms with Gasteiger partial charge in [0, 0.05) is 12.6 Å². The van der Waals surface area contributed by atoms with E-state index >= 15 is 0 Å². The third-order valence-electron chi connectivity index (χ3n) is 3.77. The molecule has 1 aliphatic rings. The normalized spacial score (nSPS) is 21.4. The van der Waals surface area contributed by atoms with Crippen LogP contribution in [0.4, 0.5) is 0 Å². The average molecular weight is 346 g/mol. The Labute approximate surface area is 135 Å². The van der Waals surface area contributed by atoms with Gasteiger partial charge in [-0.1, -0.05) is 0 Å². The summed E-state index contributed by atoms with van der Waals surface area (Å²) in [7, 11) is -3.10. The maximum Gasteiger partial charge on any atom is 0.234 e. The van der Waals surface area contributed by atoms with Gasteiger partial charge in [0.25, 0.3) is 0 Å². The number of rotatable bonds is 8. The summed E-state index contributed by atoms with van der Waals surface area (Å²) in [6.45, 7) is -0.196. The van der Waals surface area contributed by atoms with Crippen molar-refractivity contribution in [1.29, 1.82) is 0 Å². The first kappa shape index (κ1) is 17.9. The molecule has 2 rings (SSSR count). The zero-order valence-electron chi connectivity index (χ0n) is 12.7. The highest BCUT2D eigenvalue weighted by Gasteiger charge is 2.33. The highest BCUT2D eigenvalue weighted by molar-refractivity contribution is 7.91. The average Bonchev–Trinajstić information content (AvgIpc) is 3.13. The molecule has 1 amide bonds. The lowest BCUT2D eigenvalue weighted by molar-refractivity contribution is -0.123. The molecule has 1 aromatic heterocycles. The molecule has 0 saturated carbocycles. The van der Waals surface area contributed by atoms with Gasteiger partial charge >= 0.3 is 0 Å². The fourth-order valence-electron chi connectivity index (χ4n) is 2.57. The molecule has 0 radical (unpaired) electrons. The number of sulfone groups is 1. The van der Waals surface area contributed by atoms with E-state index in [0.717, 1.165) is 0 Å². The quantitative estimate of drug-likeness (QED) is 0.537. The molecule has 0 aromatic carbocycles. The fourth-order valence-corrected chi connectivity index (χ4v) is 4.34. The molecule has 23 heavy (non-hydrogen) atoms. The third kappa shape index (κ3) is 5.61. The molecule has 3 N–H and O–H groups in total. The molecule has 0 bridgehead atoms. The van der Waals surface area contributed by atoms with Crippen LogP contribution in [0.3, 0.4) is 0 Å². The monoisotopic (exact) mass is 346 g/mol. The van der Waals surface area contributed by atoms with Crippen LogP contribution in [0.25, 0.3) is 0 Å². The van der Waals surface area contributed by atoms with E-state index in [0.29, 0.717) is 12.2 Å². The van der Waals surface area contributed by atoms with E-state index in [4.69, 9.17) is 9.52 Å². The van der Waals surface area contributed by atoms with Crippen molar-refractivity contribution in [3.63, 3.8) is 0 Å². The lowest BCUT2D eigenvalue weighted by Crippen LogP contribution is -2.47. The second kappa shape index (κ2) is 7.91. The van der Waals surface area contributed by atoms with Gasteiger partial charge in [0.2, 0.25) is 5.91 Å². The van der Waals surface area contributed by atoms with E-state index < -0.39 is 22.5 Å². The topological polar surface area (TPSA) is 120 Å². The molecule has 1 saturated heterocycles. The van der Waals surface area contributed by atoms with Crippen molar-refractivity contribution >= 4 is 15.7 Å². The zero-order valence-corrected chi connectivity index (χ0v) is 13.5. The Kier molecular flexibility index (Phi) is 6.17. The molecule has 2 atom stereocenters. The maximum absolute atomic E-state index is 12.0. The number of nitrogens with one attached hydrogen (secondary N) is 1. The summed E-state index contributed by atoms with van der Waals surface area (Å²) in [5, 5.41) is 21.3. The number of hydrogen-bond acceptors (Lipinski definition) is 7. The van der Waals surface area contributed by atoms with E-state index in [1.807, 2.05) is 0 Å². The van der Waals surface area contributed by atoms with Crippen molar-refractivity contribution in [3.8, 4) is 0 Å². The van der Waals surface area contributed by atoms with Crippen molar-refractivity contribution in [2.24, 2.45) is 0 Å². The minimum Gasteiger partial charge on any atom is -0.467 e. The van der Waals surface area contributed by atoms with Gasteiger partial charge in [0.1, 0.15) is 5.76 Å². The van der Waals surface area contributed by atoms with E-state index in [9.17, 15) is 18.3 Å². The smallest absolute Gasteiger partial charge is 0.234 e. The van der Waals surface area contributed by atoms with Gasteiger partial charge in [0.15, 0.2) is 9.84 Å². The van der Waals surface area contributed by atoms with Crippen LogP contribution in [0, 0.1) is 0 Å². The molecule has 1 fully saturated rings. The highest BCUT2D eigenvalue weighted by atomic mass is 32.2. The number of carbonyl (C=O) groups is 1. The summed E-state index contributed by atoms with van der Waals surface area (Å²) in [4.78, 5) is 13.7. The Morgan fingerprint density at radius 3 is 2.87 bits per heavy atom. The van der Waals surface area contributed by atoms with E-state index in [1.54, 1.807) is 17.0 Å². The van der Waals surface area contributed by atoms with Crippen molar-refractivity contribution < 1.29 is 27.8 Å². The molecule has 0 aliphatic carbocycles. The Morgan fingerprint density at radius 1 is 1.52 bits per heavy atom. The molecular formula is C14H22N2O6S. The van der Waals surface area contributed by atoms with Crippen LogP contribution in [0.5, 0.6) is 0 Å². The van der Waals surface area contributed by atoms with Crippen molar-refractivity contribution in [3.05, 3.63) is 24.2 Å². The van der Waals surface area contributed by atoms with Crippen molar-refractivity contribution in [1.82, 2.24) is 10.2 Å². The summed E-state index contributed by atoms with van der Waals surface area (Å²) in [5.41, 5.74) is 0. The van der Waals surface area contributed by atoms with Gasteiger partial charge in [0.05, 0.1) is 43.6 Å². The van der Waals surface area contributed by atoms with Gasteiger partial charge < -0.3 is 19.9 Å². The van der Waals surface area contributed by atoms with Gasteiger partial charge in [-0.2, -0.15) is 0 Å². The van der Waals surface area contributed by atoms with Crippen LogP contribution in [0.2, 0.25) is 0 Å². The first-order chi connectivity index (χ1) is 10.9. The predicted octanol–water partition coefficient (Wildman–Crippen LogP) is -1.26. The number of aliphatic hydroxyl groups excluding tert-OH is 2. The van der Waals surface area contributed by atoms with Crippen LogP contribution < -0.4 is 5.32 Å². The summed E-state index contributed by atoms with van der Waals surface area (Å²) in [6.07, 6.45) is 0.914. The lowest BCUT2D eigenvalue weighted by Gasteiger charge is -2.28. The van der Waals surface area contributed by atoms with Gasteiger partial charge in [-0.25, -0.2) is 8.42 Å². The predicted molar refractivity (Wildman–Crippen MR) is 82.3 cm³/mol. The van der Waals surface area contributed by atoms with Crippen molar-refractivity contribution in [2.75, 3.05) is 31.2 Å². The lowest BCUT2D eigenvalue weighted by atomic mass is 10.2. The van der Waals surface area contributed by atoms with E-state index in [2.05, 4.69) is 5.32 Å². The first-order valence-corrected chi connectivity index (χ1v) is 9.24. The van der Waals surface area contributed by atoms with E-state index in [-0.39, 0.29) is 43.1 Å². The molecule has 8 nitrogen and oxygen atoms in total. The zero-order chi connectivity index (χ0) is 16.9. The van der Waals surface area contributed by atoms with Gasteiger partial charge in [-0.15, -0.1) is 0 Å². The molecule has 1 aromatic rings. The molecule has 1 aliphatic heterocycles. The third-order valence-corrected chi connectivity index (χ3v) is 5.52. The first-order valence-electron chi connectivity index (χ1n) is 7.42. The second-order valence-corrected chi connectivity index (χ2v) is 7.91. The number of carbonyl (C=O) groups excluding carboxylic acids is 1. The Bertz CT molecular complexity index is 601. The standard InChI is InChI=1S/C14H22N2O6S/c17-9-12(18)7-16(11-3-5-23(20,21)10-11)8-14(19)15-6-13-2-1-4-22-13/h1-2,4,11-12,17-18H,3,5-10H2,(H,15,19). The molecule has 2 unspecified atom stereocenters. The Balaban J connectivity index is 1.92. The minimum atomic E-state index is -3.10. The van der Waals surface area contributed by atoms with Crippen LogP contribution in [-0.4, -0.2) is 72.8 Å². The largest absolute Gasteiger partial charge is 0.467 e. The van der Waals surface area contributed by atoms with Crippen LogP contribution in [-0.2, 0) is 21.2 Å². The fraction of sp³-hybridized carbons (Fsp3) is 0.643. The molecular weight excluding hydrogens is 324 g/mol. The summed E-state index contributed by atoms with van der Waals surface area (Å²) >= 11 is 0. The van der Waals surface area contributed by atoms with Crippen LogP contribution in [0.1, 0.15) is 12.2 Å². The molecule has 130 valence electrons. The molecule has 2 heterocycles. The number of aliphatic hydroxyl groups is 2. The molecule has 9 heteroatoms. The summed E-state index contributed by atoms with van der Waals surface area (Å²) in [6, 6.07) is 3.13. The van der Waals surface area contributed by atoms with Crippen LogP contribution in [0.15, 0.2) is 22.8 Å². The SMILES string of the molecule is O=C(CN(CC(O)CO)C1CCS(=O)(=O)C1)NCc1ccco1. The number of furan rings is 1. The number of nitrogens with zero attached hydrogens (tertiary/aromatic N) is 1. The number of amides is 1. The van der Waals surface area contributed by atoms with Crippen LogP contribution >= 0.6 is 0 Å². The number of hydrogen-bond donors (Lipinski definition) is 3. The summed E-state index contributed by atoms with van der Waals surface area (Å²) < 4.78 is 28.3. The van der Waals surface area contributed by atoms with Gasteiger partial charge in [-0.3, -0.25) is 9.69 Å². The maximum atomic E-state index is 12.0. The highest BCUT2D eigenvalue weighted by Crippen LogP contribution is 2.18. The van der Waals surface area contributed by atoms with Gasteiger partial charge in [-0.05, 0) is 18.6 Å². The Hall–Kier alpha value is -1.42. The molecule has 0 spiro atoms.